The van der Waals surface area contributed by atoms with Crippen LogP contribution in [0.25, 0.3) is 0 Å². The van der Waals surface area contributed by atoms with Crippen molar-refractivity contribution < 1.29 is 9.90 Å². The van der Waals surface area contributed by atoms with E-state index in [9.17, 15) is 4.79 Å². The molecule has 16 heavy (non-hydrogen) atoms. The maximum Gasteiger partial charge on any atom is 0.224 e. The van der Waals surface area contributed by atoms with E-state index in [1.54, 1.807) is 0 Å². The van der Waals surface area contributed by atoms with Crippen LogP contribution in [0.5, 0.6) is 0 Å². The minimum absolute atomic E-state index is 0.0196. The molecule has 0 saturated heterocycles. The molecule has 1 aliphatic carbocycles. The van der Waals surface area contributed by atoms with Gasteiger partial charge in [-0.15, -0.1) is 0 Å². The van der Waals surface area contributed by atoms with E-state index in [2.05, 4.69) is 21.2 Å². The van der Waals surface area contributed by atoms with Crippen LogP contribution in [-0.4, -0.2) is 23.2 Å². The highest BCUT2D eigenvalue weighted by atomic mass is 79.9. The molecule has 0 heterocycles. The second kappa shape index (κ2) is 4.55. The molecule has 1 aliphatic rings. The zero-order valence-electron chi connectivity index (χ0n) is 8.87. The first-order valence-electron chi connectivity index (χ1n) is 5.30. The fraction of sp³-hybridized carbons (Fsp3) is 0.417. The van der Waals surface area contributed by atoms with Crippen LogP contribution >= 0.6 is 15.9 Å². The molecule has 1 saturated carbocycles. The molecular formula is C12H14BrNO2. The average Bonchev–Trinajstić information content (AvgIpc) is 3.02. The molecule has 2 N–H and O–H groups in total. The lowest BCUT2D eigenvalue weighted by atomic mass is 10.1. The van der Waals surface area contributed by atoms with Gasteiger partial charge >= 0.3 is 0 Å². The van der Waals surface area contributed by atoms with Gasteiger partial charge in [-0.3, -0.25) is 4.79 Å². The van der Waals surface area contributed by atoms with Gasteiger partial charge in [-0.1, -0.05) is 28.1 Å². The average molecular weight is 284 g/mol. The summed E-state index contributed by atoms with van der Waals surface area (Å²) in [6.07, 6.45) is 2.14. The van der Waals surface area contributed by atoms with Crippen LogP contribution in [0.15, 0.2) is 28.7 Å². The normalized spacial score (nSPS) is 16.9. The lowest BCUT2D eigenvalue weighted by Gasteiger charge is -2.14. The number of amides is 1. The summed E-state index contributed by atoms with van der Waals surface area (Å²) in [7, 11) is 0. The second-order valence-electron chi connectivity index (χ2n) is 4.29. The molecular weight excluding hydrogens is 270 g/mol. The SMILES string of the molecule is O=C(Cc1ccc(Br)cc1)NC1(CO)CC1. The van der Waals surface area contributed by atoms with Gasteiger partial charge in [0.25, 0.3) is 0 Å². The van der Waals surface area contributed by atoms with Gasteiger partial charge in [-0.25, -0.2) is 0 Å². The molecule has 4 heteroatoms. The Morgan fingerprint density at radius 1 is 1.38 bits per heavy atom. The molecule has 0 unspecified atom stereocenters. The summed E-state index contributed by atoms with van der Waals surface area (Å²) in [5.41, 5.74) is 0.668. The Hall–Kier alpha value is -0.870. The number of aliphatic hydroxyl groups excluding tert-OH is 1. The van der Waals surface area contributed by atoms with Gasteiger partial charge in [0.1, 0.15) is 0 Å². The van der Waals surface area contributed by atoms with Crippen LogP contribution in [-0.2, 0) is 11.2 Å². The quantitative estimate of drug-likeness (QED) is 0.883. The van der Waals surface area contributed by atoms with Gasteiger partial charge in [0.2, 0.25) is 5.91 Å². The lowest BCUT2D eigenvalue weighted by molar-refractivity contribution is -0.121. The highest BCUT2D eigenvalue weighted by Crippen LogP contribution is 2.34. The van der Waals surface area contributed by atoms with E-state index in [1.807, 2.05) is 24.3 Å². The Bertz CT molecular complexity index is 385. The Morgan fingerprint density at radius 2 is 2.00 bits per heavy atom. The fourth-order valence-electron chi connectivity index (χ4n) is 1.60. The van der Waals surface area contributed by atoms with Crippen molar-refractivity contribution in [1.82, 2.24) is 5.32 Å². The van der Waals surface area contributed by atoms with Crippen molar-refractivity contribution in [3.05, 3.63) is 34.3 Å². The van der Waals surface area contributed by atoms with Gasteiger partial charge in [-0.2, -0.15) is 0 Å². The topological polar surface area (TPSA) is 49.3 Å². The smallest absolute Gasteiger partial charge is 0.224 e. The van der Waals surface area contributed by atoms with E-state index in [-0.39, 0.29) is 18.1 Å². The van der Waals surface area contributed by atoms with Crippen molar-refractivity contribution in [1.29, 1.82) is 0 Å². The second-order valence-corrected chi connectivity index (χ2v) is 5.21. The lowest BCUT2D eigenvalue weighted by Crippen LogP contribution is -2.40. The number of nitrogens with one attached hydrogen (secondary N) is 1. The van der Waals surface area contributed by atoms with E-state index >= 15 is 0 Å². The molecule has 3 nitrogen and oxygen atoms in total. The fourth-order valence-corrected chi connectivity index (χ4v) is 1.87. The maximum atomic E-state index is 11.7. The van der Waals surface area contributed by atoms with E-state index in [0.29, 0.717) is 6.42 Å². The van der Waals surface area contributed by atoms with Crippen molar-refractivity contribution in [3.63, 3.8) is 0 Å². The molecule has 1 aromatic rings. The van der Waals surface area contributed by atoms with E-state index in [4.69, 9.17) is 5.11 Å². The first-order chi connectivity index (χ1) is 7.63. The summed E-state index contributed by atoms with van der Waals surface area (Å²) < 4.78 is 1.01. The monoisotopic (exact) mass is 283 g/mol. The predicted octanol–water partition coefficient (Wildman–Crippen LogP) is 1.63. The third kappa shape index (κ3) is 2.83. The zero-order valence-corrected chi connectivity index (χ0v) is 10.5. The standard InChI is InChI=1S/C12H14BrNO2/c13-10-3-1-9(2-4-10)7-11(16)14-12(8-15)5-6-12/h1-4,15H,5-8H2,(H,14,16). The minimum atomic E-state index is -0.313. The van der Waals surface area contributed by atoms with Crippen LogP contribution in [0.1, 0.15) is 18.4 Å². The summed E-state index contributed by atoms with van der Waals surface area (Å²) in [6.45, 7) is 0.0408. The molecule has 0 radical (unpaired) electrons. The first kappa shape index (κ1) is 11.6. The molecule has 86 valence electrons. The Labute approximate surface area is 103 Å². The van der Waals surface area contributed by atoms with E-state index < -0.39 is 0 Å². The predicted molar refractivity (Wildman–Crippen MR) is 65.0 cm³/mol. The third-order valence-corrected chi connectivity index (χ3v) is 3.37. The Balaban J connectivity index is 1.90. The van der Waals surface area contributed by atoms with Crippen molar-refractivity contribution in [2.45, 2.75) is 24.8 Å². The van der Waals surface area contributed by atoms with Gasteiger partial charge in [0.05, 0.1) is 18.6 Å². The number of benzene rings is 1. The van der Waals surface area contributed by atoms with E-state index in [1.165, 1.54) is 0 Å². The van der Waals surface area contributed by atoms with Gasteiger partial charge in [0, 0.05) is 4.47 Å². The molecule has 1 fully saturated rings. The number of halogens is 1. The highest BCUT2D eigenvalue weighted by Gasteiger charge is 2.43. The maximum absolute atomic E-state index is 11.7. The van der Waals surface area contributed by atoms with Crippen LogP contribution in [0.2, 0.25) is 0 Å². The summed E-state index contributed by atoms with van der Waals surface area (Å²) in [5, 5.41) is 12.0. The summed E-state index contributed by atoms with van der Waals surface area (Å²) >= 11 is 3.35. The van der Waals surface area contributed by atoms with Crippen LogP contribution in [0.3, 0.4) is 0 Å². The summed E-state index contributed by atoms with van der Waals surface area (Å²) in [4.78, 5) is 11.7. The number of hydrogen-bond donors (Lipinski definition) is 2. The van der Waals surface area contributed by atoms with Crippen LogP contribution in [0.4, 0.5) is 0 Å². The molecule has 0 bridgehead atoms. The number of hydrogen-bond acceptors (Lipinski definition) is 2. The van der Waals surface area contributed by atoms with Gasteiger partial charge < -0.3 is 10.4 Å². The number of carbonyl (C=O) groups excluding carboxylic acids is 1. The highest BCUT2D eigenvalue weighted by molar-refractivity contribution is 9.10. The molecule has 0 atom stereocenters. The third-order valence-electron chi connectivity index (χ3n) is 2.84. The van der Waals surface area contributed by atoms with E-state index in [0.717, 1.165) is 22.9 Å². The van der Waals surface area contributed by atoms with Gasteiger partial charge in [-0.05, 0) is 30.5 Å². The number of rotatable bonds is 4. The van der Waals surface area contributed by atoms with Crippen LogP contribution < -0.4 is 5.32 Å². The van der Waals surface area contributed by atoms with Crippen molar-refractivity contribution in [2.24, 2.45) is 0 Å². The Kier molecular flexibility index (Phi) is 3.30. The number of aliphatic hydroxyl groups is 1. The number of carbonyl (C=O) groups is 1. The largest absolute Gasteiger partial charge is 0.394 e. The zero-order chi connectivity index (χ0) is 11.6. The minimum Gasteiger partial charge on any atom is -0.394 e. The summed E-state index contributed by atoms with van der Waals surface area (Å²) in [5.74, 6) is -0.0196. The van der Waals surface area contributed by atoms with Crippen molar-refractivity contribution in [3.8, 4) is 0 Å². The van der Waals surface area contributed by atoms with Crippen molar-refractivity contribution in [2.75, 3.05) is 6.61 Å². The molecule has 0 aromatic heterocycles. The molecule has 0 spiro atoms. The molecule has 1 amide bonds. The molecule has 1 aromatic carbocycles. The van der Waals surface area contributed by atoms with Crippen molar-refractivity contribution >= 4 is 21.8 Å². The van der Waals surface area contributed by atoms with Gasteiger partial charge in [0.15, 0.2) is 0 Å². The molecule has 0 aliphatic heterocycles. The first-order valence-corrected chi connectivity index (χ1v) is 6.09. The Morgan fingerprint density at radius 3 is 2.50 bits per heavy atom. The molecule has 2 rings (SSSR count). The van der Waals surface area contributed by atoms with Crippen LogP contribution in [0, 0.1) is 0 Å². The summed E-state index contributed by atoms with van der Waals surface area (Å²) in [6, 6.07) is 7.67.